The summed E-state index contributed by atoms with van der Waals surface area (Å²) in [6, 6.07) is 10.9. The molecule has 346 valence electrons. The lowest BCUT2D eigenvalue weighted by molar-refractivity contribution is -0.153. The number of carbonyl (C=O) groups is 7. The lowest BCUT2D eigenvalue weighted by atomic mass is 9.82. The molecular formula is C44H61F2N7O10. The molecule has 19 heteroatoms. The van der Waals surface area contributed by atoms with Crippen LogP contribution in [0.3, 0.4) is 0 Å². The second kappa shape index (κ2) is 24.4. The maximum absolute atomic E-state index is 15.1. The second-order valence-corrected chi connectivity index (χ2v) is 16.0. The fraction of sp³-hybridized carbons (Fsp3) is 0.477. The molecule has 0 radical (unpaired) electrons. The maximum Gasteiger partial charge on any atom is 0.318 e. The predicted molar refractivity (Wildman–Crippen MR) is 230 cm³/mol. The van der Waals surface area contributed by atoms with Crippen molar-refractivity contribution in [3.8, 4) is 11.1 Å². The number of aliphatic hydroxyl groups is 1. The Bertz CT molecular complexity index is 2050. The third kappa shape index (κ3) is 15.9. The van der Waals surface area contributed by atoms with E-state index in [4.69, 9.17) is 10.8 Å². The van der Waals surface area contributed by atoms with Crippen molar-refractivity contribution in [1.82, 2.24) is 30.7 Å². The average molecular weight is 886 g/mol. The van der Waals surface area contributed by atoms with E-state index in [9.17, 15) is 48.2 Å². The Labute approximate surface area is 365 Å². The van der Waals surface area contributed by atoms with Gasteiger partial charge in [-0.2, -0.15) is 0 Å². The molecule has 1 heterocycles. The molecule has 0 spiro atoms. The van der Waals surface area contributed by atoms with Crippen LogP contribution in [0.4, 0.5) is 8.78 Å². The minimum Gasteiger partial charge on any atom is -0.481 e. The van der Waals surface area contributed by atoms with Gasteiger partial charge in [-0.25, -0.2) is 8.78 Å². The highest BCUT2D eigenvalue weighted by molar-refractivity contribution is 6.02. The first-order chi connectivity index (χ1) is 29.6. The van der Waals surface area contributed by atoms with Gasteiger partial charge in [-0.1, -0.05) is 65.0 Å². The number of aromatic nitrogens is 1. The smallest absolute Gasteiger partial charge is 0.318 e. The fourth-order valence-corrected chi connectivity index (χ4v) is 6.40. The van der Waals surface area contributed by atoms with Crippen molar-refractivity contribution in [2.45, 2.75) is 92.4 Å². The summed E-state index contributed by atoms with van der Waals surface area (Å²) in [6.07, 6.45) is 0.772. The van der Waals surface area contributed by atoms with Crippen molar-refractivity contribution >= 4 is 41.5 Å². The molecule has 0 aliphatic carbocycles. The van der Waals surface area contributed by atoms with Crippen LogP contribution in [0.5, 0.6) is 0 Å². The summed E-state index contributed by atoms with van der Waals surface area (Å²) >= 11 is 0. The average Bonchev–Trinajstić information content (AvgIpc) is 3.64. The Morgan fingerprint density at radius 3 is 2.03 bits per heavy atom. The molecule has 1 aromatic heterocycles. The first kappa shape index (κ1) is 52.9. The highest BCUT2D eigenvalue weighted by Crippen LogP contribution is 2.41. The van der Waals surface area contributed by atoms with Gasteiger partial charge in [0.15, 0.2) is 0 Å². The number of carboxylic acid groups (broad SMARTS) is 2. The van der Waals surface area contributed by atoms with Gasteiger partial charge in [-0.15, -0.1) is 0 Å². The van der Waals surface area contributed by atoms with Gasteiger partial charge in [0.1, 0.15) is 29.7 Å². The van der Waals surface area contributed by atoms with Gasteiger partial charge in [0.2, 0.25) is 29.5 Å². The van der Waals surface area contributed by atoms with E-state index < -0.39 is 102 Å². The van der Waals surface area contributed by atoms with Crippen LogP contribution in [-0.4, -0.2) is 111 Å². The van der Waals surface area contributed by atoms with Gasteiger partial charge in [-0.3, -0.25) is 33.6 Å². The van der Waals surface area contributed by atoms with Gasteiger partial charge in [0, 0.05) is 55.6 Å². The van der Waals surface area contributed by atoms with Crippen molar-refractivity contribution in [1.29, 1.82) is 0 Å². The van der Waals surface area contributed by atoms with Crippen LogP contribution in [0.15, 0.2) is 60.8 Å². The number of hydrogen-bond acceptors (Lipinski definition) is 9. The summed E-state index contributed by atoms with van der Waals surface area (Å²) in [6.45, 7) is 10.2. The van der Waals surface area contributed by atoms with Crippen molar-refractivity contribution in [2.75, 3.05) is 32.8 Å². The monoisotopic (exact) mass is 885 g/mol. The largest absolute Gasteiger partial charge is 0.481 e. The molecule has 0 aliphatic rings. The highest BCUT2D eigenvalue weighted by Gasteiger charge is 2.38. The van der Waals surface area contributed by atoms with Crippen LogP contribution in [0.1, 0.15) is 85.0 Å². The summed E-state index contributed by atoms with van der Waals surface area (Å²) in [7, 11) is 0. The second-order valence-electron chi connectivity index (χ2n) is 16.0. The molecule has 5 amide bonds. The summed E-state index contributed by atoms with van der Waals surface area (Å²) < 4.78 is 31.2. The molecule has 3 unspecified atom stereocenters. The van der Waals surface area contributed by atoms with Gasteiger partial charge in [-0.05, 0) is 61.9 Å². The number of rotatable bonds is 22. The van der Waals surface area contributed by atoms with Gasteiger partial charge < -0.3 is 51.8 Å². The molecule has 0 saturated carbocycles. The Balaban J connectivity index is 0.00000672. The van der Waals surface area contributed by atoms with E-state index >= 15 is 4.39 Å². The number of hydrogen-bond donors (Lipinski definition) is 8. The molecule has 3 aromatic rings. The molecule has 3 rings (SSSR count). The number of nitrogens with zero attached hydrogens (tertiary/aromatic N) is 2. The molecule has 3 atom stereocenters. The zero-order chi connectivity index (χ0) is 47.7. The molecule has 0 saturated heterocycles. The van der Waals surface area contributed by atoms with Crippen molar-refractivity contribution in [3.05, 3.63) is 83.7 Å². The number of carboxylic acids is 2. The number of amides is 5. The van der Waals surface area contributed by atoms with Crippen LogP contribution in [0.25, 0.3) is 11.1 Å². The summed E-state index contributed by atoms with van der Waals surface area (Å²) in [4.78, 5) is 88.0. The number of nitrogens with one attached hydrogen (secondary N) is 4. The zero-order valence-electron chi connectivity index (χ0n) is 36.8. The van der Waals surface area contributed by atoms with Crippen molar-refractivity contribution < 1.29 is 57.7 Å². The normalized spacial score (nSPS) is 12.7. The summed E-state index contributed by atoms with van der Waals surface area (Å²) in [5.74, 6) is -7.91. The fourth-order valence-electron chi connectivity index (χ4n) is 6.40. The summed E-state index contributed by atoms with van der Waals surface area (Å²) in [5.41, 5.74) is 5.51. The van der Waals surface area contributed by atoms with Crippen molar-refractivity contribution in [3.63, 3.8) is 0 Å². The van der Waals surface area contributed by atoms with E-state index in [2.05, 4.69) is 21.3 Å². The quantitative estimate of drug-likeness (QED) is 0.0537. The number of aliphatic hydroxyl groups excluding tert-OH is 1. The zero-order valence-corrected chi connectivity index (χ0v) is 36.8. The van der Waals surface area contributed by atoms with E-state index in [0.29, 0.717) is 17.8 Å². The number of nitrogens with two attached hydrogens (primary N) is 1. The van der Waals surface area contributed by atoms with Gasteiger partial charge in [0.05, 0.1) is 18.6 Å². The van der Waals surface area contributed by atoms with E-state index in [1.807, 2.05) is 69.5 Å². The first-order valence-electron chi connectivity index (χ1n) is 20.5. The Morgan fingerprint density at radius 1 is 0.841 bits per heavy atom. The molecule has 9 N–H and O–H groups in total. The Kier molecular flexibility index (Phi) is 20.5. The third-order valence-corrected chi connectivity index (χ3v) is 9.78. The third-order valence-electron chi connectivity index (χ3n) is 9.78. The van der Waals surface area contributed by atoms with Crippen molar-refractivity contribution in [2.24, 2.45) is 16.6 Å². The molecular weight excluding hydrogens is 825 g/mol. The molecule has 0 aliphatic heterocycles. The van der Waals surface area contributed by atoms with E-state index in [1.165, 1.54) is 4.90 Å². The van der Waals surface area contributed by atoms with Crippen LogP contribution in [-0.2, 0) is 40.1 Å². The lowest BCUT2D eigenvalue weighted by Gasteiger charge is -2.41. The Morgan fingerprint density at radius 2 is 1.46 bits per heavy atom. The van der Waals surface area contributed by atoms with Gasteiger partial charge >= 0.3 is 11.9 Å². The molecule has 63 heavy (non-hydrogen) atoms. The summed E-state index contributed by atoms with van der Waals surface area (Å²) in [5, 5.41) is 38.0. The highest BCUT2D eigenvalue weighted by atomic mass is 19.1. The topological polar surface area (TPSA) is 262 Å². The molecule has 0 fully saturated rings. The number of halogens is 2. The lowest BCUT2D eigenvalue weighted by Crippen LogP contribution is -2.52. The first-order valence-corrected chi connectivity index (χ1v) is 20.5. The standard InChI is InChI=1S/C42H55F2N7O10.C2H6/c1-41(2,3)36(32-19-26(28-20-27(43)11-12-29(28)44)23-50(32)22-25-9-7-6-8-10-25)51(34(54)24-52)18-15-30(45)37(57)46-16-17-47-38(58)31(13-14-35(55)56)49-33(53)21-48-39(59)42(4,5)40(60)61;1-2/h6-12,19-20,23,30-31,36,52H,13-18,21-22,24,45H2,1-5H3,(H,46,57)(H,47,58)(H,48,59)(H,49,53)(H,55,56)(H,60,61);1-2H3. The number of carbonyl (C=O) groups excluding carboxylic acids is 5. The number of benzene rings is 2. The Hall–Kier alpha value is -6.21. The number of aliphatic carboxylic acids is 2. The molecule has 0 bridgehead atoms. The van der Waals surface area contributed by atoms with Crippen LogP contribution >= 0.6 is 0 Å². The minimum absolute atomic E-state index is 0.0142. The SMILES string of the molecule is CC.CC(C)(C(=O)O)C(=O)NCC(=O)NC(CCC(=O)O)C(=O)NCCNC(=O)C(N)CCN(C(=O)CO)C(c1cc(-c2cc(F)ccc2F)cn1Cc1ccccc1)C(C)(C)C. The van der Waals surface area contributed by atoms with Crippen LogP contribution < -0.4 is 27.0 Å². The van der Waals surface area contributed by atoms with E-state index in [1.54, 1.807) is 12.3 Å². The van der Waals surface area contributed by atoms with Crippen LogP contribution in [0, 0.1) is 22.5 Å². The van der Waals surface area contributed by atoms with E-state index in [0.717, 1.165) is 37.6 Å². The molecule has 2 aromatic carbocycles. The van der Waals surface area contributed by atoms with Gasteiger partial charge in [0.25, 0.3) is 0 Å². The minimum atomic E-state index is -1.84. The van der Waals surface area contributed by atoms with Crippen LogP contribution in [0.2, 0.25) is 0 Å². The van der Waals surface area contributed by atoms with E-state index in [-0.39, 0.29) is 38.0 Å². The molecule has 17 nitrogen and oxygen atoms in total. The predicted octanol–water partition coefficient (Wildman–Crippen LogP) is 2.94. The maximum atomic E-state index is 15.1.